The van der Waals surface area contributed by atoms with Gasteiger partial charge in [0.15, 0.2) is 34.5 Å². The summed E-state index contributed by atoms with van der Waals surface area (Å²) in [7, 11) is 4.93. The molecule has 15 heteroatoms. The molecule has 0 spiro atoms. The van der Waals surface area contributed by atoms with Crippen molar-refractivity contribution in [2.45, 2.75) is 68.6 Å². The molecule has 0 radical (unpaired) electrons. The summed E-state index contributed by atoms with van der Waals surface area (Å²) >= 11 is 1.54. The number of hydrogen-bond donors (Lipinski definition) is 3. The molecule has 3 aromatic rings. The second kappa shape index (κ2) is 13.7. The van der Waals surface area contributed by atoms with Crippen molar-refractivity contribution >= 4 is 23.7 Å². The molecule has 290 valence electrons. The first-order valence-electron chi connectivity index (χ1n) is 18.2. The Labute approximate surface area is 323 Å². The van der Waals surface area contributed by atoms with Gasteiger partial charge >= 0.3 is 11.9 Å². The molecule has 6 atom stereocenters. The Morgan fingerprint density at radius 1 is 1.07 bits per heavy atom. The first-order chi connectivity index (χ1) is 26.4. The number of aromatic hydroxyl groups is 2. The fourth-order valence-corrected chi connectivity index (χ4v) is 10.8. The van der Waals surface area contributed by atoms with E-state index in [4.69, 9.17) is 28.4 Å². The molecule has 6 heterocycles. The van der Waals surface area contributed by atoms with E-state index in [1.165, 1.54) is 21.1 Å². The number of nitrogens with zero attached hydrogens (tertiary/aromatic N) is 3. The molecule has 3 N–H and O–H groups in total. The number of phenols is 2. The predicted octanol–water partition coefficient (Wildman–Crippen LogP) is 4.45. The molecule has 1 saturated heterocycles. The summed E-state index contributed by atoms with van der Waals surface area (Å²) in [6, 6.07) is 5.33. The fraction of sp³-hybridized carbons (Fsp3) is 0.475. The average molecular weight is 773 g/mol. The number of ether oxygens (including phenoxy) is 6. The van der Waals surface area contributed by atoms with Gasteiger partial charge in [-0.25, -0.2) is 4.79 Å². The van der Waals surface area contributed by atoms with Crippen LogP contribution in [0.2, 0.25) is 0 Å². The van der Waals surface area contributed by atoms with Crippen molar-refractivity contribution in [1.82, 2.24) is 15.1 Å². The largest absolute Gasteiger partial charge is 0.504 e. The van der Waals surface area contributed by atoms with Gasteiger partial charge in [-0.1, -0.05) is 6.07 Å². The highest BCUT2D eigenvalue weighted by Crippen LogP contribution is 2.64. The zero-order chi connectivity index (χ0) is 39.1. The monoisotopic (exact) mass is 772 g/mol. The zero-order valence-electron chi connectivity index (χ0n) is 31.8. The number of esters is 2. The van der Waals surface area contributed by atoms with E-state index in [2.05, 4.69) is 21.2 Å². The highest BCUT2D eigenvalue weighted by atomic mass is 32.2. The first-order valence-corrected chi connectivity index (χ1v) is 19.4. The van der Waals surface area contributed by atoms with Crippen LogP contribution in [-0.2, 0) is 27.2 Å². The van der Waals surface area contributed by atoms with E-state index in [0.717, 1.165) is 16.7 Å². The highest BCUT2D eigenvalue weighted by Gasteiger charge is 2.63. The smallest absolute Gasteiger partial charge is 0.327 e. The number of likely N-dealkylation sites (N-methyl/N-ethyl adjacent to an activating group) is 1. The minimum absolute atomic E-state index is 0.0127. The number of piperazine rings is 1. The maximum Gasteiger partial charge on any atom is 0.327 e. The van der Waals surface area contributed by atoms with Crippen LogP contribution in [0.1, 0.15) is 74.8 Å². The third kappa shape index (κ3) is 5.48. The van der Waals surface area contributed by atoms with Crippen molar-refractivity contribution in [2.75, 3.05) is 54.0 Å². The van der Waals surface area contributed by atoms with Gasteiger partial charge in [0.25, 0.3) is 0 Å². The van der Waals surface area contributed by atoms with Gasteiger partial charge in [0.1, 0.15) is 23.9 Å². The number of thioether (sulfide) groups is 1. The van der Waals surface area contributed by atoms with E-state index in [-0.39, 0.29) is 37.1 Å². The minimum Gasteiger partial charge on any atom is -0.504 e. The van der Waals surface area contributed by atoms with Crippen molar-refractivity contribution in [3.63, 3.8) is 0 Å². The van der Waals surface area contributed by atoms with E-state index in [1.54, 1.807) is 23.9 Å². The van der Waals surface area contributed by atoms with E-state index in [0.29, 0.717) is 70.3 Å². The van der Waals surface area contributed by atoms with E-state index >= 15 is 0 Å². The molecule has 1 fully saturated rings. The maximum atomic E-state index is 14.3. The molecule has 1 unspecified atom stereocenters. The maximum absolute atomic E-state index is 14.3. The van der Waals surface area contributed by atoms with Crippen LogP contribution in [-0.4, -0.2) is 97.5 Å². The molecule has 0 aromatic heterocycles. The third-order valence-electron chi connectivity index (χ3n) is 11.8. The van der Waals surface area contributed by atoms with Crippen LogP contribution < -0.4 is 29.0 Å². The number of nitrogens with one attached hydrogen (secondary N) is 1. The Bertz CT molecular complexity index is 2170. The third-order valence-corrected chi connectivity index (χ3v) is 12.9. The van der Waals surface area contributed by atoms with Gasteiger partial charge in [-0.3, -0.25) is 14.6 Å². The second-order valence-corrected chi connectivity index (χ2v) is 15.8. The lowest BCUT2D eigenvalue weighted by atomic mass is 9.76. The van der Waals surface area contributed by atoms with E-state index < -0.39 is 46.9 Å². The predicted molar refractivity (Wildman–Crippen MR) is 200 cm³/mol. The first kappa shape index (κ1) is 37.1. The standard InChI is InChI=1S/C40H44N4O10S/c1-18-10-22-13-40(15-41)16-43(4)31(27(22)33(47)34(18)50-6)32-38(55-7)29-28(37-36(52-17-53-37)19(2)35(29)54-20(3)45)24(44(32)40)14-51-39(48)30-23-12-26(49-5)25(46)11-21(23)8-9-42-30/h10-12,24,30-32,38,42,46-47H,8-9,13-14,16-17H2,1-7H3/t24-,30+,31+,32?,38+,40-/m0/s1. The molecule has 0 saturated carbocycles. The Hall–Kier alpha value is -4.88. The van der Waals surface area contributed by atoms with Crippen LogP contribution in [0.25, 0.3) is 0 Å². The second-order valence-electron chi connectivity index (χ2n) is 14.8. The normalized spacial score (nSPS) is 26.1. The van der Waals surface area contributed by atoms with Crippen LogP contribution in [0.15, 0.2) is 18.2 Å². The molecular weight excluding hydrogens is 729 g/mol. The van der Waals surface area contributed by atoms with E-state index in [9.17, 15) is 25.1 Å². The number of methoxy groups -OCH3 is 2. The summed E-state index contributed by atoms with van der Waals surface area (Å²) in [5, 5.41) is 36.7. The highest BCUT2D eigenvalue weighted by molar-refractivity contribution is 7.98. The molecule has 9 rings (SSSR count). The van der Waals surface area contributed by atoms with Gasteiger partial charge in [-0.15, -0.1) is 0 Å². The molecule has 0 amide bonds. The lowest BCUT2D eigenvalue weighted by molar-refractivity contribution is -0.152. The Kier molecular flexibility index (Phi) is 9.23. The van der Waals surface area contributed by atoms with Crippen molar-refractivity contribution < 1.29 is 48.2 Å². The number of carbonyl (C=O) groups is 2. The van der Waals surface area contributed by atoms with Crippen molar-refractivity contribution in [2.24, 2.45) is 0 Å². The minimum atomic E-state index is -1.18. The summed E-state index contributed by atoms with van der Waals surface area (Å²) in [5.41, 5.74) is 4.38. The summed E-state index contributed by atoms with van der Waals surface area (Å²) in [4.78, 5) is 31.4. The molecule has 0 aliphatic carbocycles. The molecular formula is C40H44N4O10S. The lowest BCUT2D eigenvalue weighted by Crippen LogP contribution is -2.69. The number of fused-ring (bicyclic) bond motifs is 5. The summed E-state index contributed by atoms with van der Waals surface area (Å²) in [6.45, 7) is 5.55. The quantitative estimate of drug-likeness (QED) is 0.227. The topological polar surface area (TPSA) is 172 Å². The number of carbonyl (C=O) groups excluding carboxylic acids is 2. The molecule has 6 aliphatic rings. The Balaban J connectivity index is 1.34. The molecule has 3 aromatic carbocycles. The van der Waals surface area contributed by atoms with E-state index in [1.807, 2.05) is 33.2 Å². The van der Waals surface area contributed by atoms with Gasteiger partial charge in [0.05, 0.1) is 37.6 Å². The average Bonchev–Trinajstić information content (AvgIpc) is 3.56. The summed E-state index contributed by atoms with van der Waals surface area (Å²) in [6.07, 6.45) is 2.83. The summed E-state index contributed by atoms with van der Waals surface area (Å²) in [5.74, 6) is 0.735. The summed E-state index contributed by atoms with van der Waals surface area (Å²) < 4.78 is 35.7. The van der Waals surface area contributed by atoms with Crippen LogP contribution in [0.3, 0.4) is 0 Å². The van der Waals surface area contributed by atoms with Gasteiger partial charge < -0.3 is 44.0 Å². The van der Waals surface area contributed by atoms with Gasteiger partial charge in [-0.05, 0) is 68.0 Å². The van der Waals surface area contributed by atoms with Crippen molar-refractivity contribution in [1.29, 1.82) is 5.26 Å². The van der Waals surface area contributed by atoms with Crippen LogP contribution in [0.4, 0.5) is 0 Å². The van der Waals surface area contributed by atoms with Crippen molar-refractivity contribution in [3.05, 3.63) is 62.7 Å². The SMILES string of the molecule is COc1cc2c(cc1O)CCN[C@H]2C(=O)OC[C@H]1c2c3c(c(C)c(OC(C)=O)c2[C@@H](SC)C2[C@H]4c5c(cc(C)c(OC)c5O)C[C@](C#N)(CN4C)N21)OCO3. The van der Waals surface area contributed by atoms with Crippen LogP contribution >= 0.6 is 11.8 Å². The molecule has 2 bridgehead atoms. The lowest BCUT2D eigenvalue weighted by Gasteiger charge is -2.59. The number of nitriles is 1. The molecule has 14 nitrogen and oxygen atoms in total. The number of rotatable bonds is 7. The number of benzene rings is 3. The van der Waals surface area contributed by atoms with Gasteiger partial charge in [0, 0.05) is 54.7 Å². The van der Waals surface area contributed by atoms with Gasteiger partial charge in [-0.2, -0.15) is 17.0 Å². The number of hydrogen-bond acceptors (Lipinski definition) is 15. The van der Waals surface area contributed by atoms with Crippen LogP contribution in [0.5, 0.6) is 40.2 Å². The molecule has 55 heavy (non-hydrogen) atoms. The Morgan fingerprint density at radius 3 is 2.53 bits per heavy atom. The number of phenolic OH excluding ortho intramolecular Hbond substituents is 2. The fourth-order valence-electron chi connectivity index (χ4n) is 9.81. The van der Waals surface area contributed by atoms with Gasteiger partial charge in [0.2, 0.25) is 6.79 Å². The number of aryl methyl sites for hydroxylation is 1. The Morgan fingerprint density at radius 2 is 1.84 bits per heavy atom. The van der Waals surface area contributed by atoms with Crippen LogP contribution in [0, 0.1) is 25.2 Å². The molecule has 6 aliphatic heterocycles. The van der Waals surface area contributed by atoms with Crippen molar-refractivity contribution in [3.8, 4) is 46.3 Å². The zero-order valence-corrected chi connectivity index (χ0v) is 32.6.